The van der Waals surface area contributed by atoms with Gasteiger partial charge in [-0.05, 0) is 30.4 Å². The minimum atomic E-state index is 0.0196. The van der Waals surface area contributed by atoms with Gasteiger partial charge in [-0.3, -0.25) is 0 Å². The molecule has 0 spiro atoms. The SMILES string of the molecule is OCCc1ccccc1C1(CO)CC1. The van der Waals surface area contributed by atoms with Crippen LogP contribution < -0.4 is 0 Å². The minimum absolute atomic E-state index is 0.0196. The van der Waals surface area contributed by atoms with E-state index >= 15 is 0 Å². The Bertz CT molecular complexity index is 316. The third kappa shape index (κ3) is 1.56. The molecule has 14 heavy (non-hydrogen) atoms. The van der Waals surface area contributed by atoms with E-state index in [1.807, 2.05) is 18.2 Å². The van der Waals surface area contributed by atoms with Gasteiger partial charge in [0.05, 0.1) is 6.61 Å². The largest absolute Gasteiger partial charge is 0.396 e. The van der Waals surface area contributed by atoms with Gasteiger partial charge < -0.3 is 10.2 Å². The molecule has 0 bridgehead atoms. The number of hydrogen-bond acceptors (Lipinski definition) is 2. The van der Waals surface area contributed by atoms with Crippen molar-refractivity contribution in [2.75, 3.05) is 13.2 Å². The fourth-order valence-electron chi connectivity index (χ4n) is 2.04. The second kappa shape index (κ2) is 3.71. The lowest BCUT2D eigenvalue weighted by Crippen LogP contribution is -2.15. The Morgan fingerprint density at radius 2 is 1.86 bits per heavy atom. The maximum Gasteiger partial charge on any atom is 0.0528 e. The number of aliphatic hydroxyl groups excluding tert-OH is 2. The zero-order chi connectivity index (χ0) is 10.0. The lowest BCUT2D eigenvalue weighted by molar-refractivity contribution is 0.253. The van der Waals surface area contributed by atoms with Crippen LogP contribution in [0.25, 0.3) is 0 Å². The number of benzene rings is 1. The summed E-state index contributed by atoms with van der Waals surface area (Å²) in [5, 5.41) is 18.3. The molecule has 0 amide bonds. The van der Waals surface area contributed by atoms with Crippen molar-refractivity contribution in [1.82, 2.24) is 0 Å². The molecule has 1 aromatic rings. The van der Waals surface area contributed by atoms with Crippen LogP contribution >= 0.6 is 0 Å². The Kier molecular flexibility index (Phi) is 2.57. The van der Waals surface area contributed by atoms with Gasteiger partial charge in [-0.2, -0.15) is 0 Å². The summed E-state index contributed by atoms with van der Waals surface area (Å²) in [6.07, 6.45) is 2.84. The third-order valence-corrected chi connectivity index (χ3v) is 3.13. The molecule has 0 radical (unpaired) electrons. The fourth-order valence-corrected chi connectivity index (χ4v) is 2.04. The van der Waals surface area contributed by atoms with Crippen LogP contribution in [0.4, 0.5) is 0 Å². The topological polar surface area (TPSA) is 40.5 Å². The summed E-state index contributed by atoms with van der Waals surface area (Å²) in [5.74, 6) is 0. The average Bonchev–Trinajstić information content (AvgIpc) is 3.00. The summed E-state index contributed by atoms with van der Waals surface area (Å²) < 4.78 is 0. The molecule has 1 aromatic carbocycles. The van der Waals surface area contributed by atoms with Crippen LogP contribution in [0, 0.1) is 0 Å². The molecule has 76 valence electrons. The highest BCUT2D eigenvalue weighted by Gasteiger charge is 2.44. The summed E-state index contributed by atoms with van der Waals surface area (Å²) in [5.41, 5.74) is 2.43. The van der Waals surface area contributed by atoms with Crippen LogP contribution in [0.2, 0.25) is 0 Å². The van der Waals surface area contributed by atoms with Gasteiger partial charge in [-0.25, -0.2) is 0 Å². The monoisotopic (exact) mass is 192 g/mol. The first-order valence-corrected chi connectivity index (χ1v) is 5.12. The normalized spacial score (nSPS) is 18.1. The van der Waals surface area contributed by atoms with E-state index in [4.69, 9.17) is 5.11 Å². The third-order valence-electron chi connectivity index (χ3n) is 3.13. The number of rotatable bonds is 4. The van der Waals surface area contributed by atoms with Crippen molar-refractivity contribution < 1.29 is 10.2 Å². The molecule has 2 N–H and O–H groups in total. The average molecular weight is 192 g/mol. The molecule has 1 saturated carbocycles. The molecule has 1 aliphatic rings. The van der Waals surface area contributed by atoms with Gasteiger partial charge in [0.15, 0.2) is 0 Å². The van der Waals surface area contributed by atoms with Gasteiger partial charge in [0.2, 0.25) is 0 Å². The van der Waals surface area contributed by atoms with E-state index in [9.17, 15) is 5.11 Å². The fraction of sp³-hybridized carbons (Fsp3) is 0.500. The molecule has 1 aliphatic carbocycles. The van der Waals surface area contributed by atoms with Crippen LogP contribution in [0.1, 0.15) is 24.0 Å². The van der Waals surface area contributed by atoms with Crippen molar-refractivity contribution in [2.24, 2.45) is 0 Å². The number of hydrogen-bond donors (Lipinski definition) is 2. The second-order valence-corrected chi connectivity index (χ2v) is 4.07. The standard InChI is InChI=1S/C12H16O2/c13-8-5-10-3-1-2-4-11(10)12(9-14)6-7-12/h1-4,13-14H,5-9H2. The first-order chi connectivity index (χ1) is 6.82. The lowest BCUT2D eigenvalue weighted by atomic mass is 9.91. The lowest BCUT2D eigenvalue weighted by Gasteiger charge is -2.16. The summed E-state index contributed by atoms with van der Waals surface area (Å²) >= 11 is 0. The van der Waals surface area contributed by atoms with E-state index < -0.39 is 0 Å². The minimum Gasteiger partial charge on any atom is -0.396 e. The van der Waals surface area contributed by atoms with Crippen molar-refractivity contribution in [3.8, 4) is 0 Å². The highest BCUT2D eigenvalue weighted by atomic mass is 16.3. The van der Waals surface area contributed by atoms with E-state index in [0.29, 0.717) is 6.42 Å². The second-order valence-electron chi connectivity index (χ2n) is 4.07. The van der Waals surface area contributed by atoms with Crippen LogP contribution in [0.3, 0.4) is 0 Å². The molecule has 0 saturated heterocycles. The summed E-state index contributed by atoms with van der Waals surface area (Å²) in [6, 6.07) is 8.11. The molecule has 1 fully saturated rings. The van der Waals surface area contributed by atoms with Crippen molar-refractivity contribution in [2.45, 2.75) is 24.7 Å². The zero-order valence-corrected chi connectivity index (χ0v) is 8.24. The van der Waals surface area contributed by atoms with Gasteiger partial charge >= 0.3 is 0 Å². The molecular formula is C12H16O2. The highest BCUT2D eigenvalue weighted by Crippen LogP contribution is 2.48. The zero-order valence-electron chi connectivity index (χ0n) is 8.24. The first-order valence-electron chi connectivity index (χ1n) is 5.12. The molecule has 0 atom stereocenters. The maximum absolute atomic E-state index is 9.34. The van der Waals surface area contributed by atoms with E-state index in [1.165, 1.54) is 11.1 Å². The van der Waals surface area contributed by atoms with Gasteiger partial charge in [-0.1, -0.05) is 24.3 Å². The molecule has 0 aliphatic heterocycles. The first kappa shape index (κ1) is 9.69. The van der Waals surface area contributed by atoms with Gasteiger partial charge in [0.1, 0.15) is 0 Å². The van der Waals surface area contributed by atoms with E-state index in [1.54, 1.807) is 0 Å². The Balaban J connectivity index is 2.32. The Labute approximate surface area is 84.2 Å². The summed E-state index contributed by atoms with van der Waals surface area (Å²) in [7, 11) is 0. The molecule has 0 aromatic heterocycles. The van der Waals surface area contributed by atoms with Crippen molar-refractivity contribution in [3.63, 3.8) is 0 Å². The van der Waals surface area contributed by atoms with Crippen LogP contribution in [-0.4, -0.2) is 23.4 Å². The summed E-state index contributed by atoms with van der Waals surface area (Å²) in [6.45, 7) is 0.411. The van der Waals surface area contributed by atoms with Crippen LogP contribution in [-0.2, 0) is 11.8 Å². The molecule has 2 heteroatoms. The Morgan fingerprint density at radius 1 is 1.14 bits per heavy atom. The Hall–Kier alpha value is -0.860. The molecule has 0 heterocycles. The van der Waals surface area contributed by atoms with Gasteiger partial charge in [0, 0.05) is 12.0 Å². The van der Waals surface area contributed by atoms with Crippen molar-refractivity contribution in [1.29, 1.82) is 0 Å². The maximum atomic E-state index is 9.34. The number of aliphatic hydroxyl groups is 2. The quantitative estimate of drug-likeness (QED) is 0.753. The Morgan fingerprint density at radius 3 is 2.43 bits per heavy atom. The predicted molar refractivity (Wildman–Crippen MR) is 55.2 cm³/mol. The molecule has 2 nitrogen and oxygen atoms in total. The van der Waals surface area contributed by atoms with Gasteiger partial charge in [0.25, 0.3) is 0 Å². The van der Waals surface area contributed by atoms with Crippen molar-refractivity contribution in [3.05, 3.63) is 35.4 Å². The van der Waals surface area contributed by atoms with E-state index in [2.05, 4.69) is 6.07 Å². The van der Waals surface area contributed by atoms with Crippen LogP contribution in [0.5, 0.6) is 0 Å². The summed E-state index contributed by atoms with van der Waals surface area (Å²) in [4.78, 5) is 0. The van der Waals surface area contributed by atoms with Crippen LogP contribution in [0.15, 0.2) is 24.3 Å². The molecular weight excluding hydrogens is 176 g/mol. The van der Waals surface area contributed by atoms with Gasteiger partial charge in [-0.15, -0.1) is 0 Å². The van der Waals surface area contributed by atoms with E-state index in [-0.39, 0.29) is 18.6 Å². The van der Waals surface area contributed by atoms with Crippen molar-refractivity contribution >= 4 is 0 Å². The molecule has 2 rings (SSSR count). The molecule has 0 unspecified atom stereocenters. The van der Waals surface area contributed by atoms with E-state index in [0.717, 1.165) is 12.8 Å². The highest BCUT2D eigenvalue weighted by molar-refractivity contribution is 5.38. The smallest absolute Gasteiger partial charge is 0.0528 e. The predicted octanol–water partition coefficient (Wildman–Crippen LogP) is 1.25.